The van der Waals surface area contributed by atoms with E-state index in [0.717, 1.165) is 29.2 Å². The minimum Gasteiger partial charge on any atom is -0.329 e. The van der Waals surface area contributed by atoms with E-state index in [-0.39, 0.29) is 11.2 Å². The number of carbonyl (C=O) groups excluding carboxylic acids is 1. The summed E-state index contributed by atoms with van der Waals surface area (Å²) in [6, 6.07) is 7.67. The summed E-state index contributed by atoms with van der Waals surface area (Å²) in [5, 5.41) is 1.98. The van der Waals surface area contributed by atoms with Crippen molar-refractivity contribution in [3.8, 4) is 0 Å². The Hall–Kier alpha value is -1.74. The van der Waals surface area contributed by atoms with Crippen molar-refractivity contribution in [1.29, 1.82) is 0 Å². The zero-order chi connectivity index (χ0) is 11.9. The van der Waals surface area contributed by atoms with Gasteiger partial charge in [0.15, 0.2) is 5.78 Å². The highest BCUT2D eigenvalue weighted by Gasteiger charge is 2.48. The molecule has 0 amide bonds. The van der Waals surface area contributed by atoms with Gasteiger partial charge in [0, 0.05) is 35.3 Å². The Morgan fingerprint density at radius 2 is 2.18 bits per heavy atom. The summed E-state index contributed by atoms with van der Waals surface area (Å²) < 4.78 is 0. The van der Waals surface area contributed by atoms with E-state index in [2.05, 4.69) is 4.98 Å². The number of rotatable bonds is 3. The van der Waals surface area contributed by atoms with E-state index >= 15 is 0 Å². The van der Waals surface area contributed by atoms with Gasteiger partial charge in [0.05, 0.1) is 0 Å². The Kier molecular flexibility index (Phi) is 2.23. The van der Waals surface area contributed by atoms with Gasteiger partial charge >= 0.3 is 0 Å². The number of ketones is 1. The van der Waals surface area contributed by atoms with Gasteiger partial charge in [-0.05, 0) is 24.3 Å². The predicted octanol–water partition coefficient (Wildman–Crippen LogP) is 2.16. The van der Waals surface area contributed by atoms with E-state index in [1.807, 2.05) is 24.3 Å². The molecule has 1 aromatic heterocycles. The second kappa shape index (κ2) is 3.64. The molecule has 0 atom stereocenters. The zero-order valence-corrected chi connectivity index (χ0v) is 9.52. The number of benzene rings is 1. The number of hydrogen-bond acceptors (Lipinski definition) is 3. The fourth-order valence-electron chi connectivity index (χ4n) is 2.28. The highest BCUT2D eigenvalue weighted by molar-refractivity contribution is 6.11. The summed E-state index contributed by atoms with van der Waals surface area (Å²) in [6.45, 7) is 0.452. The van der Waals surface area contributed by atoms with Crippen LogP contribution in [0.3, 0.4) is 0 Å². The molecule has 1 aliphatic rings. The van der Waals surface area contributed by atoms with Crippen molar-refractivity contribution in [3.63, 3.8) is 0 Å². The molecule has 0 aliphatic heterocycles. The van der Waals surface area contributed by atoms with Crippen molar-refractivity contribution < 1.29 is 4.79 Å². The summed E-state index contributed by atoms with van der Waals surface area (Å²) in [5.41, 5.74) is 6.22. The third kappa shape index (κ3) is 1.54. The van der Waals surface area contributed by atoms with Crippen molar-refractivity contribution in [1.82, 2.24) is 4.98 Å². The quantitative estimate of drug-likeness (QED) is 0.816. The van der Waals surface area contributed by atoms with Crippen LogP contribution in [0.4, 0.5) is 0 Å². The first-order valence-electron chi connectivity index (χ1n) is 5.84. The Labute approximate surface area is 99.7 Å². The lowest BCUT2D eigenvalue weighted by molar-refractivity contribution is 0.0907. The van der Waals surface area contributed by atoms with Crippen LogP contribution in [0.5, 0.6) is 0 Å². The molecule has 1 aromatic carbocycles. The van der Waals surface area contributed by atoms with E-state index in [4.69, 9.17) is 5.73 Å². The molecule has 3 nitrogen and oxygen atoms in total. The summed E-state index contributed by atoms with van der Waals surface area (Å²) in [4.78, 5) is 16.5. The number of carbonyl (C=O) groups is 1. The first-order chi connectivity index (χ1) is 8.27. The van der Waals surface area contributed by atoms with Crippen LogP contribution in [0.15, 0.2) is 36.7 Å². The number of nitrogens with two attached hydrogens (primary N) is 1. The standard InChI is InChI=1S/C14H14N2O/c15-9-14(5-6-14)13(17)12-3-1-2-10-8-16-7-4-11(10)12/h1-4,7-8H,5-6,9,15H2. The number of fused-ring (bicyclic) bond motifs is 1. The van der Waals surface area contributed by atoms with Gasteiger partial charge in [-0.1, -0.05) is 18.2 Å². The molecule has 3 rings (SSSR count). The van der Waals surface area contributed by atoms with E-state index in [1.165, 1.54) is 0 Å². The van der Waals surface area contributed by atoms with Gasteiger partial charge in [0.25, 0.3) is 0 Å². The lowest BCUT2D eigenvalue weighted by Gasteiger charge is -2.12. The van der Waals surface area contributed by atoms with Gasteiger partial charge in [-0.15, -0.1) is 0 Å². The predicted molar refractivity (Wildman–Crippen MR) is 66.8 cm³/mol. The SMILES string of the molecule is NCC1(C(=O)c2cccc3cnccc23)CC1. The van der Waals surface area contributed by atoms with Crippen LogP contribution in [-0.4, -0.2) is 17.3 Å². The molecule has 2 aromatic rings. The number of pyridine rings is 1. The fraction of sp³-hybridized carbons (Fsp3) is 0.286. The Bertz CT molecular complexity index is 582. The van der Waals surface area contributed by atoms with Gasteiger partial charge in [-0.25, -0.2) is 0 Å². The number of Topliss-reactive ketones (excluding diaryl/α,β-unsaturated/α-hetero) is 1. The molecule has 0 spiro atoms. The summed E-state index contributed by atoms with van der Waals surface area (Å²) in [7, 11) is 0. The van der Waals surface area contributed by atoms with Crippen LogP contribution in [0.25, 0.3) is 10.8 Å². The third-order valence-electron chi connectivity index (χ3n) is 3.65. The highest BCUT2D eigenvalue weighted by Crippen LogP contribution is 2.47. The van der Waals surface area contributed by atoms with Gasteiger partial charge < -0.3 is 5.73 Å². The first kappa shape index (κ1) is 10.4. The van der Waals surface area contributed by atoms with E-state index in [1.54, 1.807) is 12.4 Å². The lowest BCUT2D eigenvalue weighted by atomic mass is 9.92. The minimum absolute atomic E-state index is 0.191. The van der Waals surface area contributed by atoms with Crippen molar-refractivity contribution in [2.24, 2.45) is 11.1 Å². The van der Waals surface area contributed by atoms with Crippen LogP contribution in [0, 0.1) is 5.41 Å². The van der Waals surface area contributed by atoms with Crippen LogP contribution < -0.4 is 5.73 Å². The second-order valence-electron chi connectivity index (χ2n) is 4.72. The number of hydrogen-bond donors (Lipinski definition) is 1. The molecular formula is C14H14N2O. The summed E-state index contributed by atoms with van der Waals surface area (Å²) in [5.74, 6) is 0.191. The largest absolute Gasteiger partial charge is 0.329 e. The molecule has 1 saturated carbocycles. The van der Waals surface area contributed by atoms with Crippen molar-refractivity contribution in [2.45, 2.75) is 12.8 Å². The molecule has 1 heterocycles. The van der Waals surface area contributed by atoms with Crippen LogP contribution in [0.1, 0.15) is 23.2 Å². The molecule has 17 heavy (non-hydrogen) atoms. The van der Waals surface area contributed by atoms with Gasteiger partial charge in [0.2, 0.25) is 0 Å². The number of nitrogens with zero attached hydrogens (tertiary/aromatic N) is 1. The minimum atomic E-state index is -0.280. The molecule has 2 N–H and O–H groups in total. The summed E-state index contributed by atoms with van der Waals surface area (Å²) in [6.07, 6.45) is 5.35. The smallest absolute Gasteiger partial charge is 0.170 e. The van der Waals surface area contributed by atoms with Gasteiger partial charge in [-0.3, -0.25) is 9.78 Å². The average Bonchev–Trinajstić information content (AvgIpc) is 3.18. The molecule has 0 unspecified atom stereocenters. The third-order valence-corrected chi connectivity index (χ3v) is 3.65. The average molecular weight is 226 g/mol. The number of aromatic nitrogens is 1. The maximum atomic E-state index is 12.5. The van der Waals surface area contributed by atoms with E-state index in [0.29, 0.717) is 6.54 Å². The van der Waals surface area contributed by atoms with E-state index < -0.39 is 0 Å². The normalized spacial score (nSPS) is 17.0. The molecule has 0 saturated heterocycles. The topological polar surface area (TPSA) is 56.0 Å². The van der Waals surface area contributed by atoms with Gasteiger partial charge in [0.1, 0.15) is 0 Å². The monoisotopic (exact) mass is 226 g/mol. The maximum absolute atomic E-state index is 12.5. The molecule has 3 heteroatoms. The second-order valence-corrected chi connectivity index (χ2v) is 4.72. The summed E-state index contributed by atoms with van der Waals surface area (Å²) >= 11 is 0. The van der Waals surface area contributed by atoms with Crippen molar-refractivity contribution in [3.05, 3.63) is 42.2 Å². The van der Waals surface area contributed by atoms with Crippen molar-refractivity contribution in [2.75, 3.05) is 6.54 Å². The fourth-order valence-corrected chi connectivity index (χ4v) is 2.28. The first-order valence-corrected chi connectivity index (χ1v) is 5.84. The highest BCUT2D eigenvalue weighted by atomic mass is 16.1. The van der Waals surface area contributed by atoms with Crippen LogP contribution >= 0.6 is 0 Å². The molecule has 1 fully saturated rings. The Morgan fingerprint density at radius 1 is 1.35 bits per heavy atom. The Morgan fingerprint density at radius 3 is 2.88 bits per heavy atom. The van der Waals surface area contributed by atoms with Gasteiger partial charge in [-0.2, -0.15) is 0 Å². The van der Waals surface area contributed by atoms with Crippen LogP contribution in [-0.2, 0) is 0 Å². The molecule has 86 valence electrons. The Balaban J connectivity index is 2.15. The zero-order valence-electron chi connectivity index (χ0n) is 9.52. The van der Waals surface area contributed by atoms with Crippen molar-refractivity contribution >= 4 is 16.6 Å². The lowest BCUT2D eigenvalue weighted by Crippen LogP contribution is -2.25. The molecular weight excluding hydrogens is 212 g/mol. The van der Waals surface area contributed by atoms with E-state index in [9.17, 15) is 4.79 Å². The molecule has 1 aliphatic carbocycles. The molecule has 0 radical (unpaired) electrons. The molecule has 0 bridgehead atoms. The van der Waals surface area contributed by atoms with Crippen LogP contribution in [0.2, 0.25) is 0 Å². The maximum Gasteiger partial charge on any atom is 0.170 e.